The molecule has 0 saturated heterocycles. The Labute approximate surface area is 66.0 Å². The molecule has 0 aliphatic heterocycles. The van der Waals surface area contributed by atoms with Crippen LogP contribution >= 0.6 is 0 Å². The van der Waals surface area contributed by atoms with Crippen molar-refractivity contribution in [2.45, 2.75) is 45.1 Å². The zero-order chi connectivity index (χ0) is 8.70. The fraction of sp³-hybridized carbons (Fsp3) is 1.00. The Bertz CT molecular complexity index is 150. The largest absolute Gasteiger partial charge is 0.321 e. The van der Waals surface area contributed by atoms with Crippen LogP contribution in [0.2, 0.25) is 0 Å². The minimum atomic E-state index is -2.40. The van der Waals surface area contributed by atoms with Crippen molar-refractivity contribution in [2.75, 3.05) is 0 Å². The smallest absolute Gasteiger partial charge is 0.256 e. The van der Waals surface area contributed by atoms with E-state index in [0.717, 1.165) is 12.8 Å². The molecule has 2 N–H and O–H groups in total. The molecule has 1 aliphatic rings. The minimum absolute atomic E-state index is 0.111. The van der Waals surface area contributed by atoms with Crippen LogP contribution < -0.4 is 5.73 Å². The van der Waals surface area contributed by atoms with E-state index in [-0.39, 0.29) is 5.41 Å². The molecule has 0 aromatic carbocycles. The maximum absolute atomic E-state index is 12.2. The highest BCUT2D eigenvalue weighted by Gasteiger charge is 2.45. The van der Waals surface area contributed by atoms with E-state index in [4.69, 9.17) is 5.73 Å². The predicted octanol–water partition coefficient (Wildman–Crippen LogP) is 2.16. The Morgan fingerprint density at radius 1 is 1.55 bits per heavy atom. The summed E-state index contributed by atoms with van der Waals surface area (Å²) >= 11 is 0. The maximum Gasteiger partial charge on any atom is 0.256 e. The van der Waals surface area contributed by atoms with E-state index in [9.17, 15) is 8.78 Å². The van der Waals surface area contributed by atoms with Crippen molar-refractivity contribution in [1.82, 2.24) is 0 Å². The molecule has 1 atom stereocenters. The number of rotatable bonds is 3. The van der Waals surface area contributed by atoms with Crippen molar-refractivity contribution >= 4 is 0 Å². The molecule has 1 fully saturated rings. The van der Waals surface area contributed by atoms with Gasteiger partial charge in [0, 0.05) is 0 Å². The lowest BCUT2D eigenvalue weighted by atomic mass is 9.89. The zero-order valence-electron chi connectivity index (χ0n) is 7.03. The Kier molecular flexibility index (Phi) is 1.95. The SMILES string of the molecule is CC1(CC(C)(N)C(F)F)CC1. The summed E-state index contributed by atoms with van der Waals surface area (Å²) in [5.41, 5.74) is 4.26. The third kappa shape index (κ3) is 2.12. The van der Waals surface area contributed by atoms with E-state index in [1.54, 1.807) is 0 Å². The average molecular weight is 163 g/mol. The van der Waals surface area contributed by atoms with Crippen molar-refractivity contribution in [2.24, 2.45) is 11.1 Å². The molecule has 0 aromatic heterocycles. The minimum Gasteiger partial charge on any atom is -0.321 e. The fourth-order valence-corrected chi connectivity index (χ4v) is 1.39. The van der Waals surface area contributed by atoms with Crippen LogP contribution in [0, 0.1) is 5.41 Å². The second-order valence-corrected chi connectivity index (χ2v) is 4.29. The van der Waals surface area contributed by atoms with Gasteiger partial charge in [0.2, 0.25) is 0 Å². The number of halogens is 2. The first-order chi connectivity index (χ1) is 4.86. The number of alkyl halides is 2. The fourth-order valence-electron chi connectivity index (χ4n) is 1.39. The first-order valence-corrected chi connectivity index (χ1v) is 3.93. The molecule has 1 unspecified atom stereocenters. The van der Waals surface area contributed by atoms with Crippen LogP contribution in [0.3, 0.4) is 0 Å². The summed E-state index contributed by atoms with van der Waals surface area (Å²) < 4.78 is 24.5. The molecule has 1 rings (SSSR count). The van der Waals surface area contributed by atoms with E-state index in [1.807, 2.05) is 6.92 Å². The van der Waals surface area contributed by atoms with Crippen LogP contribution in [0.15, 0.2) is 0 Å². The monoisotopic (exact) mass is 163 g/mol. The number of hydrogen-bond acceptors (Lipinski definition) is 1. The third-order valence-corrected chi connectivity index (χ3v) is 2.41. The molecule has 0 aromatic rings. The van der Waals surface area contributed by atoms with E-state index < -0.39 is 12.0 Å². The highest BCUT2D eigenvalue weighted by Crippen LogP contribution is 2.51. The van der Waals surface area contributed by atoms with E-state index in [0.29, 0.717) is 6.42 Å². The maximum atomic E-state index is 12.2. The lowest BCUT2D eigenvalue weighted by Gasteiger charge is -2.26. The van der Waals surface area contributed by atoms with Gasteiger partial charge in [-0.25, -0.2) is 8.78 Å². The van der Waals surface area contributed by atoms with E-state index in [2.05, 4.69) is 0 Å². The van der Waals surface area contributed by atoms with Gasteiger partial charge in [-0.05, 0) is 31.6 Å². The van der Waals surface area contributed by atoms with Gasteiger partial charge in [0.15, 0.2) is 0 Å². The standard InChI is InChI=1S/C8H15F2N/c1-7(3-4-7)5-8(2,11)6(9)10/h6H,3-5,11H2,1-2H3. The van der Waals surface area contributed by atoms with Crippen molar-refractivity contribution in [1.29, 1.82) is 0 Å². The Hall–Kier alpha value is -0.180. The molecule has 1 aliphatic carbocycles. The van der Waals surface area contributed by atoms with Crippen LogP contribution in [-0.4, -0.2) is 12.0 Å². The molecule has 11 heavy (non-hydrogen) atoms. The van der Waals surface area contributed by atoms with Gasteiger partial charge in [-0.1, -0.05) is 6.92 Å². The van der Waals surface area contributed by atoms with Crippen molar-refractivity contribution < 1.29 is 8.78 Å². The lowest BCUT2D eigenvalue weighted by Crippen LogP contribution is -2.45. The summed E-state index contributed by atoms with van der Waals surface area (Å²) in [6, 6.07) is 0. The average Bonchev–Trinajstić information content (AvgIpc) is 2.45. The molecule has 1 nitrogen and oxygen atoms in total. The van der Waals surface area contributed by atoms with Gasteiger partial charge >= 0.3 is 0 Å². The van der Waals surface area contributed by atoms with Crippen molar-refractivity contribution in [3.63, 3.8) is 0 Å². The van der Waals surface area contributed by atoms with Gasteiger partial charge in [0.1, 0.15) is 0 Å². The summed E-state index contributed by atoms with van der Waals surface area (Å²) in [5, 5.41) is 0. The molecule has 66 valence electrons. The molecule has 1 saturated carbocycles. The summed E-state index contributed by atoms with van der Waals surface area (Å²) in [6.07, 6.45) is 0.136. The van der Waals surface area contributed by atoms with Gasteiger partial charge in [-0.3, -0.25) is 0 Å². The lowest BCUT2D eigenvalue weighted by molar-refractivity contribution is 0.0479. The predicted molar refractivity (Wildman–Crippen MR) is 40.6 cm³/mol. The van der Waals surface area contributed by atoms with Gasteiger partial charge in [-0.2, -0.15) is 0 Å². The van der Waals surface area contributed by atoms with Gasteiger partial charge in [-0.15, -0.1) is 0 Å². The first-order valence-electron chi connectivity index (χ1n) is 3.93. The molecule has 0 amide bonds. The highest BCUT2D eigenvalue weighted by atomic mass is 19.3. The molecule has 0 spiro atoms. The van der Waals surface area contributed by atoms with Crippen LogP contribution in [0.5, 0.6) is 0 Å². The number of hydrogen-bond donors (Lipinski definition) is 1. The second kappa shape index (κ2) is 2.41. The first kappa shape index (κ1) is 8.91. The Balaban J connectivity index is 2.46. The highest BCUT2D eigenvalue weighted by molar-refractivity contribution is 4.97. The Morgan fingerprint density at radius 2 is 2.00 bits per heavy atom. The van der Waals surface area contributed by atoms with Crippen LogP contribution in [0.1, 0.15) is 33.1 Å². The zero-order valence-corrected chi connectivity index (χ0v) is 7.03. The third-order valence-electron chi connectivity index (χ3n) is 2.41. The van der Waals surface area contributed by atoms with Crippen molar-refractivity contribution in [3.05, 3.63) is 0 Å². The quantitative estimate of drug-likeness (QED) is 0.677. The summed E-state index contributed by atoms with van der Waals surface area (Å²) in [6.45, 7) is 3.45. The normalized spacial score (nSPS) is 26.7. The van der Waals surface area contributed by atoms with Crippen molar-refractivity contribution in [3.8, 4) is 0 Å². The van der Waals surface area contributed by atoms with Gasteiger partial charge < -0.3 is 5.73 Å². The molecule has 0 heterocycles. The van der Waals surface area contributed by atoms with E-state index >= 15 is 0 Å². The summed E-state index contributed by atoms with van der Waals surface area (Å²) in [4.78, 5) is 0. The van der Waals surface area contributed by atoms with Crippen LogP contribution in [0.4, 0.5) is 8.78 Å². The van der Waals surface area contributed by atoms with Gasteiger partial charge in [0.25, 0.3) is 6.43 Å². The molecule has 0 bridgehead atoms. The molecular weight excluding hydrogens is 148 g/mol. The van der Waals surface area contributed by atoms with Gasteiger partial charge in [0.05, 0.1) is 5.54 Å². The van der Waals surface area contributed by atoms with E-state index in [1.165, 1.54) is 6.92 Å². The molecule has 0 radical (unpaired) electrons. The summed E-state index contributed by atoms with van der Waals surface area (Å²) in [5.74, 6) is 0. The summed E-state index contributed by atoms with van der Waals surface area (Å²) in [7, 11) is 0. The second-order valence-electron chi connectivity index (χ2n) is 4.29. The Morgan fingerprint density at radius 3 is 2.27 bits per heavy atom. The van der Waals surface area contributed by atoms with Crippen LogP contribution in [0.25, 0.3) is 0 Å². The number of nitrogens with two attached hydrogens (primary N) is 1. The topological polar surface area (TPSA) is 26.0 Å². The molecule has 3 heteroatoms. The molecular formula is C8H15F2N. The van der Waals surface area contributed by atoms with Crippen LogP contribution in [-0.2, 0) is 0 Å².